The van der Waals surface area contributed by atoms with Gasteiger partial charge in [0.1, 0.15) is 5.75 Å². The van der Waals surface area contributed by atoms with Crippen molar-refractivity contribution < 1.29 is 14.3 Å². The number of para-hydroxylation sites is 2. The molecule has 1 aromatic rings. The highest BCUT2D eigenvalue weighted by Crippen LogP contribution is 2.22. The lowest BCUT2D eigenvalue weighted by atomic mass is 10.2. The van der Waals surface area contributed by atoms with E-state index in [1.165, 1.54) is 0 Å². The van der Waals surface area contributed by atoms with Gasteiger partial charge in [-0.3, -0.25) is 9.59 Å². The second kappa shape index (κ2) is 7.52. The van der Waals surface area contributed by atoms with E-state index >= 15 is 0 Å². The highest BCUT2D eigenvalue weighted by atomic mass is 16.5. The smallest absolute Gasteiger partial charge is 0.224 e. The van der Waals surface area contributed by atoms with Crippen molar-refractivity contribution in [2.24, 2.45) is 0 Å². The average molecular weight is 291 g/mol. The minimum absolute atomic E-state index is 0.114. The van der Waals surface area contributed by atoms with E-state index in [2.05, 4.69) is 5.32 Å². The van der Waals surface area contributed by atoms with Crippen molar-refractivity contribution in [3.63, 3.8) is 0 Å². The van der Waals surface area contributed by atoms with E-state index in [0.29, 0.717) is 39.1 Å². The number of nitrogens with one attached hydrogen (secondary N) is 1. The number of carbonyl (C=O) groups excluding carboxylic acids is 2. The zero-order chi connectivity index (χ0) is 15.1. The van der Waals surface area contributed by atoms with Crippen molar-refractivity contribution in [3.8, 4) is 5.75 Å². The van der Waals surface area contributed by atoms with Crippen molar-refractivity contribution in [1.82, 2.24) is 9.80 Å². The van der Waals surface area contributed by atoms with Crippen LogP contribution >= 0.6 is 0 Å². The third-order valence-corrected chi connectivity index (χ3v) is 3.58. The molecule has 114 valence electrons. The van der Waals surface area contributed by atoms with Crippen LogP contribution in [0.1, 0.15) is 6.42 Å². The standard InChI is InChI=1S/C15H21N3O3/c1-21-14-5-3-2-4-13(14)16-7-6-15(20)18-10-8-17(12-19)9-11-18/h2-5,12,16H,6-11H2,1H3. The topological polar surface area (TPSA) is 61.9 Å². The third kappa shape index (κ3) is 4.11. The van der Waals surface area contributed by atoms with Crippen LogP contribution in [-0.2, 0) is 9.59 Å². The molecular formula is C15H21N3O3. The van der Waals surface area contributed by atoms with Gasteiger partial charge in [0.2, 0.25) is 12.3 Å². The normalized spacial score (nSPS) is 14.7. The van der Waals surface area contributed by atoms with Crippen molar-refractivity contribution in [1.29, 1.82) is 0 Å². The molecule has 0 aliphatic carbocycles. The Hall–Kier alpha value is -2.24. The number of rotatable bonds is 6. The summed E-state index contributed by atoms with van der Waals surface area (Å²) in [7, 11) is 1.62. The number of piperazine rings is 1. The van der Waals surface area contributed by atoms with Gasteiger partial charge in [-0.05, 0) is 12.1 Å². The summed E-state index contributed by atoms with van der Waals surface area (Å²) in [5.74, 6) is 0.882. The highest BCUT2D eigenvalue weighted by Gasteiger charge is 2.19. The van der Waals surface area contributed by atoms with Crippen LogP contribution in [0.25, 0.3) is 0 Å². The molecule has 21 heavy (non-hydrogen) atoms. The van der Waals surface area contributed by atoms with Crippen LogP contribution in [-0.4, -0.2) is 62.0 Å². The number of methoxy groups -OCH3 is 1. The van der Waals surface area contributed by atoms with E-state index in [4.69, 9.17) is 4.74 Å². The van der Waals surface area contributed by atoms with Crippen LogP contribution in [0.15, 0.2) is 24.3 Å². The van der Waals surface area contributed by atoms with Crippen LogP contribution in [0.2, 0.25) is 0 Å². The van der Waals surface area contributed by atoms with Crippen LogP contribution in [0, 0.1) is 0 Å². The maximum Gasteiger partial charge on any atom is 0.224 e. The van der Waals surface area contributed by atoms with E-state index in [1.54, 1.807) is 12.0 Å². The van der Waals surface area contributed by atoms with E-state index in [-0.39, 0.29) is 5.91 Å². The van der Waals surface area contributed by atoms with Crippen molar-refractivity contribution >= 4 is 18.0 Å². The number of benzene rings is 1. The average Bonchev–Trinajstić information content (AvgIpc) is 2.55. The molecule has 0 atom stereocenters. The van der Waals surface area contributed by atoms with Gasteiger partial charge in [-0.15, -0.1) is 0 Å². The Morgan fingerprint density at radius 2 is 2.00 bits per heavy atom. The second-order valence-corrected chi connectivity index (χ2v) is 4.90. The summed E-state index contributed by atoms with van der Waals surface area (Å²) < 4.78 is 5.25. The largest absolute Gasteiger partial charge is 0.495 e. The lowest BCUT2D eigenvalue weighted by Gasteiger charge is -2.32. The molecule has 1 N–H and O–H groups in total. The zero-order valence-electron chi connectivity index (χ0n) is 12.2. The quantitative estimate of drug-likeness (QED) is 0.788. The fourth-order valence-corrected chi connectivity index (χ4v) is 2.33. The molecule has 1 heterocycles. The second-order valence-electron chi connectivity index (χ2n) is 4.90. The number of ether oxygens (including phenoxy) is 1. The molecule has 1 aromatic carbocycles. The summed E-state index contributed by atoms with van der Waals surface area (Å²) in [4.78, 5) is 26.2. The van der Waals surface area contributed by atoms with E-state index in [0.717, 1.165) is 17.8 Å². The fourth-order valence-electron chi connectivity index (χ4n) is 2.33. The number of anilines is 1. The summed E-state index contributed by atoms with van der Waals surface area (Å²) in [6.45, 7) is 3.04. The molecule has 0 spiro atoms. The minimum atomic E-state index is 0.114. The summed E-state index contributed by atoms with van der Waals surface area (Å²) >= 11 is 0. The van der Waals surface area contributed by atoms with E-state index < -0.39 is 0 Å². The number of hydrogen-bond donors (Lipinski definition) is 1. The molecule has 0 bridgehead atoms. The van der Waals surface area contributed by atoms with Crippen molar-refractivity contribution in [2.75, 3.05) is 45.2 Å². The van der Waals surface area contributed by atoms with Crippen LogP contribution < -0.4 is 10.1 Å². The highest BCUT2D eigenvalue weighted by molar-refractivity contribution is 5.77. The van der Waals surface area contributed by atoms with Crippen LogP contribution in [0.3, 0.4) is 0 Å². The molecule has 1 aliphatic rings. The summed E-state index contributed by atoms with van der Waals surface area (Å²) in [6.07, 6.45) is 1.27. The Labute approximate surface area is 124 Å². The maximum absolute atomic E-state index is 12.1. The lowest BCUT2D eigenvalue weighted by molar-refractivity contribution is -0.134. The molecule has 1 aliphatic heterocycles. The van der Waals surface area contributed by atoms with Gasteiger partial charge >= 0.3 is 0 Å². The Bertz CT molecular complexity index is 485. The predicted octanol–water partition coefficient (Wildman–Crippen LogP) is 0.798. The molecule has 2 amide bonds. The van der Waals surface area contributed by atoms with Gasteiger partial charge in [-0.2, -0.15) is 0 Å². The van der Waals surface area contributed by atoms with Gasteiger partial charge in [0.25, 0.3) is 0 Å². The van der Waals surface area contributed by atoms with Gasteiger partial charge in [0.15, 0.2) is 0 Å². The summed E-state index contributed by atoms with van der Waals surface area (Å²) in [6, 6.07) is 7.63. The van der Waals surface area contributed by atoms with E-state index in [1.807, 2.05) is 29.2 Å². The molecule has 0 radical (unpaired) electrons. The maximum atomic E-state index is 12.1. The number of carbonyl (C=O) groups is 2. The first-order valence-corrected chi connectivity index (χ1v) is 7.08. The first-order valence-electron chi connectivity index (χ1n) is 7.08. The SMILES string of the molecule is COc1ccccc1NCCC(=O)N1CCN(C=O)CC1. The Morgan fingerprint density at radius 1 is 1.29 bits per heavy atom. The molecule has 0 aromatic heterocycles. The lowest BCUT2D eigenvalue weighted by Crippen LogP contribution is -2.48. The molecular weight excluding hydrogens is 270 g/mol. The Balaban J connectivity index is 1.76. The minimum Gasteiger partial charge on any atom is -0.495 e. The fraction of sp³-hybridized carbons (Fsp3) is 0.467. The van der Waals surface area contributed by atoms with Gasteiger partial charge in [-0.25, -0.2) is 0 Å². The van der Waals surface area contributed by atoms with Gasteiger partial charge in [-0.1, -0.05) is 12.1 Å². The molecule has 6 heteroatoms. The molecule has 2 rings (SSSR count). The van der Waals surface area contributed by atoms with Gasteiger partial charge < -0.3 is 19.9 Å². The third-order valence-electron chi connectivity index (χ3n) is 3.58. The van der Waals surface area contributed by atoms with Crippen LogP contribution in [0.4, 0.5) is 5.69 Å². The summed E-state index contributed by atoms with van der Waals surface area (Å²) in [5.41, 5.74) is 0.888. The van der Waals surface area contributed by atoms with Gasteiger partial charge in [0.05, 0.1) is 12.8 Å². The van der Waals surface area contributed by atoms with Crippen molar-refractivity contribution in [2.45, 2.75) is 6.42 Å². The molecule has 6 nitrogen and oxygen atoms in total. The first kappa shape index (κ1) is 15.2. The van der Waals surface area contributed by atoms with Gasteiger partial charge in [0, 0.05) is 39.1 Å². The molecule has 1 fully saturated rings. The monoisotopic (exact) mass is 291 g/mol. The van der Waals surface area contributed by atoms with E-state index in [9.17, 15) is 9.59 Å². The number of nitrogens with zero attached hydrogens (tertiary/aromatic N) is 2. The Kier molecular flexibility index (Phi) is 5.43. The summed E-state index contributed by atoms with van der Waals surface area (Å²) in [5, 5.41) is 3.22. The predicted molar refractivity (Wildman–Crippen MR) is 80.3 cm³/mol. The number of hydrogen-bond acceptors (Lipinski definition) is 4. The number of amides is 2. The zero-order valence-corrected chi connectivity index (χ0v) is 12.2. The molecule has 1 saturated heterocycles. The first-order chi connectivity index (χ1) is 10.2. The molecule has 0 unspecified atom stereocenters. The van der Waals surface area contributed by atoms with Crippen molar-refractivity contribution in [3.05, 3.63) is 24.3 Å². The molecule has 0 saturated carbocycles. The van der Waals surface area contributed by atoms with Crippen LogP contribution in [0.5, 0.6) is 5.75 Å². The Morgan fingerprint density at radius 3 is 2.67 bits per heavy atom.